The van der Waals surface area contributed by atoms with Gasteiger partial charge in [0.25, 0.3) is 0 Å². The maximum absolute atomic E-state index is 12.4. The minimum Gasteiger partial charge on any atom is -0.338 e. The Morgan fingerprint density at radius 1 is 1.20 bits per heavy atom. The van der Waals surface area contributed by atoms with Crippen LogP contribution in [0.15, 0.2) is 47.9 Å². The lowest BCUT2D eigenvalue weighted by Crippen LogP contribution is -2.42. The fraction of sp³-hybridized carbons (Fsp3) is 0.250. The third kappa shape index (κ3) is 4.80. The van der Waals surface area contributed by atoms with Gasteiger partial charge >= 0.3 is 6.03 Å². The van der Waals surface area contributed by atoms with E-state index in [0.717, 1.165) is 16.8 Å². The summed E-state index contributed by atoms with van der Waals surface area (Å²) in [6, 6.07) is 8.71. The Balaban J connectivity index is 1.99. The van der Waals surface area contributed by atoms with Gasteiger partial charge in [-0.05, 0) is 50.6 Å². The number of imide groups is 1. The molecule has 10 heteroatoms. The molecule has 8 nitrogen and oxygen atoms in total. The Hall–Kier alpha value is -2.91. The monoisotopic (exact) mass is 444 g/mol. The first-order valence-electron chi connectivity index (χ1n) is 9.29. The van der Waals surface area contributed by atoms with Gasteiger partial charge in [0.2, 0.25) is 5.91 Å². The number of halogens is 1. The minimum absolute atomic E-state index is 0.422. The summed E-state index contributed by atoms with van der Waals surface area (Å²) >= 11 is 7.55. The summed E-state index contributed by atoms with van der Waals surface area (Å²) < 4.78 is 1.86. The average Bonchev–Trinajstić information content (AvgIpc) is 3.14. The van der Waals surface area contributed by atoms with Gasteiger partial charge in [-0.1, -0.05) is 29.4 Å². The fourth-order valence-corrected chi connectivity index (χ4v) is 3.75. The quantitative estimate of drug-likeness (QED) is 0.563. The molecule has 0 radical (unpaired) electrons. The number of pyridine rings is 1. The van der Waals surface area contributed by atoms with Crippen LogP contribution >= 0.6 is 23.4 Å². The molecule has 0 aliphatic carbocycles. The molecule has 0 aliphatic heterocycles. The molecule has 0 spiro atoms. The molecule has 3 amide bonds. The van der Waals surface area contributed by atoms with E-state index >= 15 is 0 Å². The number of nitrogens with one attached hydrogen (secondary N) is 2. The van der Waals surface area contributed by atoms with E-state index in [0.29, 0.717) is 22.5 Å². The second kappa shape index (κ2) is 9.73. The molecular formula is C20H21ClN6O2S. The summed E-state index contributed by atoms with van der Waals surface area (Å²) in [6.07, 6.45) is 3.35. The van der Waals surface area contributed by atoms with Gasteiger partial charge in [-0.3, -0.25) is 19.7 Å². The number of amides is 3. The van der Waals surface area contributed by atoms with Gasteiger partial charge in [-0.2, -0.15) is 0 Å². The Morgan fingerprint density at radius 3 is 2.63 bits per heavy atom. The van der Waals surface area contributed by atoms with Gasteiger partial charge in [-0.15, -0.1) is 10.2 Å². The van der Waals surface area contributed by atoms with Crippen molar-refractivity contribution in [2.45, 2.75) is 31.2 Å². The van der Waals surface area contributed by atoms with Crippen molar-refractivity contribution in [1.29, 1.82) is 0 Å². The van der Waals surface area contributed by atoms with Crippen LogP contribution in [0.4, 0.5) is 4.79 Å². The summed E-state index contributed by atoms with van der Waals surface area (Å²) in [5.41, 5.74) is 2.48. The van der Waals surface area contributed by atoms with Crippen molar-refractivity contribution in [2.24, 2.45) is 0 Å². The van der Waals surface area contributed by atoms with E-state index in [-0.39, 0.29) is 0 Å². The Bertz CT molecular complexity index is 1060. The van der Waals surface area contributed by atoms with E-state index in [4.69, 9.17) is 11.6 Å². The molecule has 156 valence electrons. The standard InChI is InChI=1S/C20H21ClN6O2S/c1-4-23-19(29)24-18(28)13(3)30-20-26-25-17(14-8-10-22-11-9-14)27(20)16-7-5-6-15(21)12(16)2/h5-11,13H,4H2,1-3H3,(H2,23,24,28,29). The number of thioether (sulfide) groups is 1. The topological polar surface area (TPSA) is 102 Å². The van der Waals surface area contributed by atoms with E-state index in [1.165, 1.54) is 11.8 Å². The van der Waals surface area contributed by atoms with Crippen LogP contribution in [0.5, 0.6) is 0 Å². The lowest BCUT2D eigenvalue weighted by atomic mass is 10.2. The highest BCUT2D eigenvalue weighted by Gasteiger charge is 2.23. The summed E-state index contributed by atoms with van der Waals surface area (Å²) in [6.45, 7) is 5.82. The van der Waals surface area contributed by atoms with Crippen molar-refractivity contribution in [3.05, 3.63) is 53.3 Å². The van der Waals surface area contributed by atoms with Crippen LogP contribution in [0.1, 0.15) is 19.4 Å². The number of rotatable bonds is 6. The van der Waals surface area contributed by atoms with E-state index < -0.39 is 17.2 Å². The average molecular weight is 445 g/mol. The maximum Gasteiger partial charge on any atom is 0.321 e. The number of hydrogen-bond acceptors (Lipinski definition) is 6. The summed E-state index contributed by atoms with van der Waals surface area (Å²) in [7, 11) is 0. The Morgan fingerprint density at radius 2 is 1.93 bits per heavy atom. The number of carbonyl (C=O) groups is 2. The third-order valence-corrected chi connectivity index (χ3v) is 5.73. The fourth-order valence-electron chi connectivity index (χ4n) is 2.72. The summed E-state index contributed by atoms with van der Waals surface area (Å²) in [5.74, 6) is 0.176. The van der Waals surface area contributed by atoms with E-state index in [9.17, 15) is 9.59 Å². The molecule has 0 aliphatic rings. The first-order chi connectivity index (χ1) is 14.4. The molecule has 0 fully saturated rings. The first kappa shape index (κ1) is 21.8. The molecule has 1 atom stereocenters. The minimum atomic E-state index is -0.583. The molecule has 1 unspecified atom stereocenters. The molecule has 0 saturated heterocycles. The zero-order valence-corrected chi connectivity index (χ0v) is 18.3. The molecule has 30 heavy (non-hydrogen) atoms. The van der Waals surface area contributed by atoms with Gasteiger partial charge in [0.05, 0.1) is 10.9 Å². The van der Waals surface area contributed by atoms with Crippen LogP contribution in [0.25, 0.3) is 17.1 Å². The zero-order chi connectivity index (χ0) is 21.7. The largest absolute Gasteiger partial charge is 0.338 e. The van der Waals surface area contributed by atoms with Crippen molar-refractivity contribution in [3.8, 4) is 17.1 Å². The second-order valence-corrected chi connectivity index (χ2v) is 8.09. The van der Waals surface area contributed by atoms with Crippen molar-refractivity contribution in [1.82, 2.24) is 30.4 Å². The number of nitrogens with zero attached hydrogens (tertiary/aromatic N) is 4. The molecule has 3 aromatic rings. The number of hydrogen-bond donors (Lipinski definition) is 2. The van der Waals surface area contributed by atoms with Gasteiger partial charge in [0.1, 0.15) is 0 Å². The zero-order valence-electron chi connectivity index (χ0n) is 16.7. The van der Waals surface area contributed by atoms with Gasteiger partial charge in [0, 0.05) is 29.5 Å². The maximum atomic E-state index is 12.4. The second-order valence-electron chi connectivity index (χ2n) is 6.37. The van der Waals surface area contributed by atoms with Gasteiger partial charge < -0.3 is 5.32 Å². The first-order valence-corrected chi connectivity index (χ1v) is 10.5. The number of carbonyl (C=O) groups excluding carboxylic acids is 2. The molecule has 2 N–H and O–H groups in total. The third-order valence-electron chi connectivity index (χ3n) is 4.28. The van der Waals surface area contributed by atoms with Crippen LogP contribution in [0, 0.1) is 6.92 Å². The lowest BCUT2D eigenvalue weighted by Gasteiger charge is -2.15. The Kier molecular flexibility index (Phi) is 7.07. The number of benzene rings is 1. The molecule has 2 heterocycles. The van der Waals surface area contributed by atoms with Crippen LogP contribution in [-0.2, 0) is 4.79 Å². The molecule has 3 rings (SSSR count). The molecule has 0 saturated carbocycles. The molecule has 2 aromatic heterocycles. The van der Waals surface area contributed by atoms with Gasteiger partial charge in [0.15, 0.2) is 11.0 Å². The van der Waals surface area contributed by atoms with Crippen LogP contribution < -0.4 is 10.6 Å². The lowest BCUT2D eigenvalue weighted by molar-refractivity contribution is -0.119. The SMILES string of the molecule is CCNC(=O)NC(=O)C(C)Sc1nnc(-c2ccncc2)n1-c1cccc(Cl)c1C. The Labute approximate surface area is 183 Å². The van der Waals surface area contributed by atoms with E-state index in [1.807, 2.05) is 41.8 Å². The molecule has 0 bridgehead atoms. The summed E-state index contributed by atoms with van der Waals surface area (Å²) in [5, 5.41) is 14.0. The van der Waals surface area contributed by atoms with Crippen molar-refractivity contribution < 1.29 is 9.59 Å². The van der Waals surface area contributed by atoms with Gasteiger partial charge in [-0.25, -0.2) is 4.79 Å². The molecule has 1 aromatic carbocycles. The van der Waals surface area contributed by atoms with Crippen molar-refractivity contribution >= 4 is 35.3 Å². The van der Waals surface area contributed by atoms with Crippen LogP contribution in [-0.4, -0.2) is 43.5 Å². The highest BCUT2D eigenvalue weighted by Crippen LogP contribution is 2.33. The number of urea groups is 1. The summed E-state index contributed by atoms with van der Waals surface area (Å²) in [4.78, 5) is 28.1. The van der Waals surface area contributed by atoms with Crippen molar-refractivity contribution in [3.63, 3.8) is 0 Å². The smallest absolute Gasteiger partial charge is 0.321 e. The molecular weight excluding hydrogens is 424 g/mol. The van der Waals surface area contributed by atoms with Crippen LogP contribution in [0.2, 0.25) is 5.02 Å². The van der Waals surface area contributed by atoms with Crippen LogP contribution in [0.3, 0.4) is 0 Å². The van der Waals surface area contributed by atoms with E-state index in [2.05, 4.69) is 25.8 Å². The highest BCUT2D eigenvalue weighted by molar-refractivity contribution is 8.00. The predicted molar refractivity (Wildman–Crippen MR) is 117 cm³/mol. The normalized spacial score (nSPS) is 11.7. The highest BCUT2D eigenvalue weighted by atomic mass is 35.5. The number of aromatic nitrogens is 4. The van der Waals surface area contributed by atoms with E-state index in [1.54, 1.807) is 26.2 Å². The predicted octanol–water partition coefficient (Wildman–Crippen LogP) is 3.62. The van der Waals surface area contributed by atoms with Crippen molar-refractivity contribution in [2.75, 3.05) is 6.54 Å².